The highest BCUT2D eigenvalue weighted by molar-refractivity contribution is 5.86. The van der Waals surface area contributed by atoms with Crippen LogP contribution in [0, 0.1) is 11.8 Å². The minimum atomic E-state index is -0.743. The minimum Gasteiger partial charge on any atom is -0.445 e. The number of aliphatic hydroxyl groups is 1. The van der Waals surface area contributed by atoms with Crippen molar-refractivity contribution >= 4 is 17.9 Å². The molecular weight excluding hydrogens is 410 g/mol. The van der Waals surface area contributed by atoms with Gasteiger partial charge in [0.2, 0.25) is 11.8 Å². The molecular formula is C24H35N3O5. The maximum atomic E-state index is 13.1. The summed E-state index contributed by atoms with van der Waals surface area (Å²) in [5, 5.41) is 18.1. The lowest BCUT2D eigenvalue weighted by atomic mass is 9.84. The quantitative estimate of drug-likeness (QED) is 0.441. The van der Waals surface area contributed by atoms with Crippen LogP contribution < -0.4 is 16.0 Å². The fourth-order valence-electron chi connectivity index (χ4n) is 4.59. The summed E-state index contributed by atoms with van der Waals surface area (Å²) < 4.78 is 5.32. The summed E-state index contributed by atoms with van der Waals surface area (Å²) in [6.07, 6.45) is 6.52. The molecule has 4 N–H and O–H groups in total. The van der Waals surface area contributed by atoms with Crippen LogP contribution in [0.4, 0.5) is 4.79 Å². The largest absolute Gasteiger partial charge is 0.445 e. The molecule has 32 heavy (non-hydrogen) atoms. The van der Waals surface area contributed by atoms with E-state index in [9.17, 15) is 19.5 Å². The van der Waals surface area contributed by atoms with Crippen molar-refractivity contribution in [2.24, 2.45) is 11.8 Å². The van der Waals surface area contributed by atoms with Crippen LogP contribution in [0.2, 0.25) is 0 Å². The average molecular weight is 446 g/mol. The zero-order valence-electron chi connectivity index (χ0n) is 18.6. The molecule has 1 aromatic carbocycles. The van der Waals surface area contributed by atoms with Crippen LogP contribution in [-0.4, -0.2) is 48.2 Å². The van der Waals surface area contributed by atoms with Gasteiger partial charge in [0.25, 0.3) is 0 Å². The molecule has 1 aliphatic heterocycles. The van der Waals surface area contributed by atoms with Gasteiger partial charge in [-0.3, -0.25) is 9.59 Å². The highest BCUT2D eigenvalue weighted by Gasteiger charge is 2.31. The third-order valence-electron chi connectivity index (χ3n) is 6.41. The number of rotatable bonds is 10. The molecule has 8 heteroatoms. The fraction of sp³-hybridized carbons (Fsp3) is 0.625. The molecule has 0 unspecified atom stereocenters. The number of amides is 3. The van der Waals surface area contributed by atoms with E-state index in [-0.39, 0.29) is 30.9 Å². The van der Waals surface area contributed by atoms with Crippen molar-refractivity contribution in [1.29, 1.82) is 0 Å². The van der Waals surface area contributed by atoms with Gasteiger partial charge in [-0.25, -0.2) is 4.79 Å². The van der Waals surface area contributed by atoms with Crippen LogP contribution in [0.5, 0.6) is 0 Å². The third-order valence-corrected chi connectivity index (χ3v) is 6.41. The van der Waals surface area contributed by atoms with Gasteiger partial charge in [-0.15, -0.1) is 0 Å². The van der Waals surface area contributed by atoms with Gasteiger partial charge < -0.3 is 25.8 Å². The van der Waals surface area contributed by atoms with Crippen LogP contribution in [0.25, 0.3) is 0 Å². The first-order valence-electron chi connectivity index (χ1n) is 11.7. The summed E-state index contributed by atoms with van der Waals surface area (Å²) in [7, 11) is 0. The molecule has 1 heterocycles. The van der Waals surface area contributed by atoms with E-state index in [0.29, 0.717) is 31.7 Å². The molecule has 1 aliphatic carbocycles. The summed E-state index contributed by atoms with van der Waals surface area (Å²) in [5.74, 6) is -0.237. The molecule has 0 radical (unpaired) electrons. The van der Waals surface area contributed by atoms with Gasteiger partial charge in [0.05, 0.1) is 12.6 Å². The van der Waals surface area contributed by atoms with Crippen LogP contribution >= 0.6 is 0 Å². The lowest BCUT2D eigenvalue weighted by molar-refractivity contribution is -0.126. The molecule has 3 rings (SSSR count). The zero-order chi connectivity index (χ0) is 22.8. The van der Waals surface area contributed by atoms with Crippen molar-refractivity contribution in [2.45, 2.75) is 70.1 Å². The van der Waals surface area contributed by atoms with Gasteiger partial charge in [0.1, 0.15) is 12.6 Å². The van der Waals surface area contributed by atoms with Crippen molar-refractivity contribution in [1.82, 2.24) is 16.0 Å². The Kier molecular flexibility index (Phi) is 9.34. The average Bonchev–Trinajstić information content (AvgIpc) is 3.22. The Bertz CT molecular complexity index is 751. The number of alkyl carbamates (subject to hydrolysis) is 1. The zero-order valence-corrected chi connectivity index (χ0v) is 18.6. The predicted octanol–water partition coefficient (Wildman–Crippen LogP) is 2.26. The van der Waals surface area contributed by atoms with E-state index in [1.54, 1.807) is 0 Å². The Hall–Kier alpha value is -2.61. The number of benzene rings is 1. The molecule has 0 bridgehead atoms. The predicted molar refractivity (Wildman–Crippen MR) is 119 cm³/mol. The van der Waals surface area contributed by atoms with E-state index in [4.69, 9.17) is 4.74 Å². The second kappa shape index (κ2) is 12.4. The van der Waals surface area contributed by atoms with Crippen molar-refractivity contribution in [3.63, 3.8) is 0 Å². The van der Waals surface area contributed by atoms with Gasteiger partial charge in [0.15, 0.2) is 0 Å². The van der Waals surface area contributed by atoms with Crippen molar-refractivity contribution in [3.05, 3.63) is 35.9 Å². The van der Waals surface area contributed by atoms with E-state index in [1.165, 1.54) is 6.42 Å². The third kappa shape index (κ3) is 7.51. The highest BCUT2D eigenvalue weighted by Crippen LogP contribution is 2.27. The summed E-state index contributed by atoms with van der Waals surface area (Å²) in [4.78, 5) is 37.4. The maximum absolute atomic E-state index is 13.1. The normalized spacial score (nSPS) is 20.8. The van der Waals surface area contributed by atoms with Gasteiger partial charge >= 0.3 is 6.09 Å². The Balaban J connectivity index is 1.57. The summed E-state index contributed by atoms with van der Waals surface area (Å²) in [5.41, 5.74) is 0.867. The minimum absolute atomic E-state index is 0.0425. The standard InChI is InChI=1S/C24H35N3O5/c28-15-20(14-19-11-12-25-22(19)29)26-23(30)21(13-17-7-3-1-4-8-17)27-24(31)32-16-18-9-5-2-6-10-18/h2,5-6,9-10,17,19-21,28H,1,3-4,7-8,11-16H2,(H,25,29)(H,26,30)(H,27,31)/t19-,20-,21-/m0/s1. The SMILES string of the molecule is O=C(N[C@@H](CC1CCCCC1)C(=O)N[C@H](CO)C[C@@H]1CCNC1=O)OCc1ccccc1. The maximum Gasteiger partial charge on any atom is 0.408 e. The lowest BCUT2D eigenvalue weighted by Crippen LogP contribution is -2.51. The number of aliphatic hydroxyl groups excluding tert-OH is 1. The smallest absolute Gasteiger partial charge is 0.408 e. The Morgan fingerprint density at radius 2 is 1.81 bits per heavy atom. The van der Waals surface area contributed by atoms with Crippen molar-refractivity contribution < 1.29 is 24.2 Å². The van der Waals surface area contributed by atoms with Gasteiger partial charge in [-0.2, -0.15) is 0 Å². The van der Waals surface area contributed by atoms with E-state index in [0.717, 1.165) is 31.2 Å². The van der Waals surface area contributed by atoms with E-state index < -0.39 is 18.2 Å². The molecule has 0 spiro atoms. The van der Waals surface area contributed by atoms with Crippen LogP contribution in [0.15, 0.2) is 30.3 Å². The van der Waals surface area contributed by atoms with E-state index in [2.05, 4.69) is 16.0 Å². The van der Waals surface area contributed by atoms with E-state index >= 15 is 0 Å². The molecule has 3 atom stereocenters. The number of carbonyl (C=O) groups is 3. The first-order valence-corrected chi connectivity index (χ1v) is 11.7. The van der Waals surface area contributed by atoms with Gasteiger partial charge in [-0.1, -0.05) is 62.4 Å². The Labute approximate surface area is 189 Å². The second-order valence-corrected chi connectivity index (χ2v) is 8.90. The summed E-state index contributed by atoms with van der Waals surface area (Å²) >= 11 is 0. The highest BCUT2D eigenvalue weighted by atomic mass is 16.5. The number of carbonyl (C=O) groups excluding carboxylic acids is 3. The monoisotopic (exact) mass is 445 g/mol. The number of hydrogen-bond acceptors (Lipinski definition) is 5. The Morgan fingerprint density at radius 1 is 1.06 bits per heavy atom. The fourth-order valence-corrected chi connectivity index (χ4v) is 4.59. The number of ether oxygens (including phenoxy) is 1. The summed E-state index contributed by atoms with van der Waals surface area (Å²) in [6.45, 7) is 0.485. The number of nitrogens with one attached hydrogen (secondary N) is 3. The second-order valence-electron chi connectivity index (χ2n) is 8.90. The molecule has 8 nitrogen and oxygen atoms in total. The van der Waals surface area contributed by atoms with Crippen molar-refractivity contribution in [3.8, 4) is 0 Å². The van der Waals surface area contributed by atoms with E-state index in [1.807, 2.05) is 30.3 Å². The Morgan fingerprint density at radius 3 is 2.47 bits per heavy atom. The molecule has 1 aromatic rings. The molecule has 176 valence electrons. The van der Waals surface area contributed by atoms with Crippen LogP contribution in [-0.2, 0) is 20.9 Å². The lowest BCUT2D eigenvalue weighted by Gasteiger charge is -2.28. The topological polar surface area (TPSA) is 117 Å². The first kappa shape index (κ1) is 24.0. The molecule has 1 saturated carbocycles. The van der Waals surface area contributed by atoms with Crippen molar-refractivity contribution in [2.75, 3.05) is 13.2 Å². The molecule has 3 amide bonds. The molecule has 2 aliphatic rings. The molecule has 2 fully saturated rings. The first-order chi connectivity index (χ1) is 15.5. The summed E-state index contributed by atoms with van der Waals surface area (Å²) in [6, 6.07) is 8.08. The van der Waals surface area contributed by atoms with Crippen LogP contribution in [0.3, 0.4) is 0 Å². The number of hydrogen-bond donors (Lipinski definition) is 4. The van der Waals surface area contributed by atoms with Gasteiger partial charge in [-0.05, 0) is 30.7 Å². The van der Waals surface area contributed by atoms with Crippen LogP contribution in [0.1, 0.15) is 56.9 Å². The van der Waals surface area contributed by atoms with Gasteiger partial charge in [0, 0.05) is 12.5 Å². The molecule has 1 saturated heterocycles. The molecule has 0 aromatic heterocycles.